The molecule has 1 aromatic heterocycles. The minimum Gasteiger partial charge on any atom is -0.448 e. The number of fused-ring (bicyclic) bond motifs is 1. The van der Waals surface area contributed by atoms with E-state index in [0.29, 0.717) is 16.8 Å². The first-order valence-electron chi connectivity index (χ1n) is 13.4. The van der Waals surface area contributed by atoms with Crippen molar-refractivity contribution in [2.75, 3.05) is 18.5 Å². The van der Waals surface area contributed by atoms with Gasteiger partial charge in [-0.05, 0) is 39.2 Å². The second-order valence-electron chi connectivity index (χ2n) is 11.9. The molecule has 1 aliphatic carbocycles. The van der Waals surface area contributed by atoms with Crippen molar-refractivity contribution in [3.63, 3.8) is 0 Å². The maximum Gasteiger partial charge on any atom is 0.436 e. The number of rotatable bonds is 7. The summed E-state index contributed by atoms with van der Waals surface area (Å²) in [5, 5.41) is 18.2. The van der Waals surface area contributed by atoms with Gasteiger partial charge in [-0.2, -0.15) is 5.10 Å². The van der Waals surface area contributed by atoms with Crippen LogP contribution in [0.2, 0.25) is 24.7 Å². The molecule has 0 saturated heterocycles. The van der Waals surface area contributed by atoms with E-state index in [1.54, 1.807) is 24.0 Å². The molecule has 4 rings (SSSR count). The summed E-state index contributed by atoms with van der Waals surface area (Å²) < 4.78 is 6.34. The second-order valence-corrected chi connectivity index (χ2v) is 17.3. The molecule has 1 aromatic carbocycles. The van der Waals surface area contributed by atoms with Crippen LogP contribution in [0.1, 0.15) is 62.9 Å². The highest BCUT2D eigenvalue weighted by Gasteiger charge is 2.54. The number of hydrogen-bond donors (Lipinski definition) is 3. The number of carbonyl (C=O) groups excluding carboxylic acids is 3. The molecule has 1 atom stereocenters. The SMILES string of the molecule is CCOC(=O)n1nc2c(c1NC(=O)C1([Si](C)(C)C)CCC1)CN(C(=O)N(N)[C@H](CO)c1ccccc1)C2(C)C. The first-order valence-corrected chi connectivity index (χ1v) is 16.9. The summed E-state index contributed by atoms with van der Waals surface area (Å²) >= 11 is 0. The van der Waals surface area contributed by atoms with Crippen molar-refractivity contribution in [2.24, 2.45) is 5.84 Å². The van der Waals surface area contributed by atoms with E-state index in [9.17, 15) is 19.5 Å². The van der Waals surface area contributed by atoms with Gasteiger partial charge in [-0.25, -0.2) is 15.4 Å². The molecule has 39 heavy (non-hydrogen) atoms. The van der Waals surface area contributed by atoms with Gasteiger partial charge in [-0.3, -0.25) is 9.80 Å². The third kappa shape index (κ3) is 4.74. The first-order chi connectivity index (χ1) is 18.3. The molecular formula is C27H40N6O5Si. The highest BCUT2D eigenvalue weighted by atomic mass is 28.3. The molecule has 12 heteroatoms. The molecule has 0 spiro atoms. The Morgan fingerprint density at radius 3 is 2.36 bits per heavy atom. The molecule has 3 amide bonds. The van der Waals surface area contributed by atoms with Crippen LogP contribution in [0.5, 0.6) is 0 Å². The van der Waals surface area contributed by atoms with Crippen molar-refractivity contribution >= 4 is 31.9 Å². The Balaban J connectivity index is 1.69. The van der Waals surface area contributed by atoms with Crippen LogP contribution in [0.15, 0.2) is 30.3 Å². The van der Waals surface area contributed by atoms with Gasteiger partial charge in [0.05, 0.1) is 45.1 Å². The van der Waals surface area contributed by atoms with Crippen molar-refractivity contribution in [3.8, 4) is 0 Å². The molecule has 0 unspecified atom stereocenters. The van der Waals surface area contributed by atoms with E-state index in [2.05, 4.69) is 30.1 Å². The van der Waals surface area contributed by atoms with Crippen LogP contribution in [-0.4, -0.2) is 64.1 Å². The molecule has 1 saturated carbocycles. The monoisotopic (exact) mass is 556 g/mol. The van der Waals surface area contributed by atoms with Crippen LogP contribution >= 0.6 is 0 Å². The van der Waals surface area contributed by atoms with Gasteiger partial charge in [0.25, 0.3) is 0 Å². The van der Waals surface area contributed by atoms with Crippen LogP contribution in [0.25, 0.3) is 0 Å². The number of nitrogens with one attached hydrogen (secondary N) is 1. The number of ether oxygens (including phenoxy) is 1. The quantitative estimate of drug-likeness (QED) is 0.201. The van der Waals surface area contributed by atoms with Crippen LogP contribution in [0.3, 0.4) is 0 Å². The molecule has 4 N–H and O–H groups in total. The Morgan fingerprint density at radius 1 is 1.21 bits per heavy atom. The van der Waals surface area contributed by atoms with Crippen LogP contribution in [0, 0.1) is 0 Å². The first kappa shape index (κ1) is 28.8. The van der Waals surface area contributed by atoms with Crippen molar-refractivity contribution < 1.29 is 24.2 Å². The number of carbonyl (C=O) groups is 3. The molecule has 2 aliphatic rings. The number of anilines is 1. The van der Waals surface area contributed by atoms with Gasteiger partial charge in [-0.1, -0.05) is 56.4 Å². The number of urea groups is 1. The summed E-state index contributed by atoms with van der Waals surface area (Å²) in [7, 11) is -1.90. The second kappa shape index (κ2) is 10.4. The van der Waals surface area contributed by atoms with Gasteiger partial charge < -0.3 is 20.1 Å². The number of hydrazine groups is 1. The lowest BCUT2D eigenvalue weighted by atomic mass is 9.83. The molecule has 212 valence electrons. The van der Waals surface area contributed by atoms with E-state index in [4.69, 9.17) is 10.6 Å². The fraction of sp³-hybridized carbons (Fsp3) is 0.556. The van der Waals surface area contributed by atoms with Gasteiger partial charge in [0.15, 0.2) is 0 Å². The lowest BCUT2D eigenvalue weighted by Crippen LogP contribution is -2.53. The zero-order valence-electron chi connectivity index (χ0n) is 23.7. The Kier molecular flexibility index (Phi) is 7.67. The van der Waals surface area contributed by atoms with E-state index in [-0.39, 0.29) is 31.5 Å². The fourth-order valence-electron chi connectivity index (χ4n) is 5.70. The normalized spacial score (nSPS) is 18.1. The van der Waals surface area contributed by atoms with Crippen molar-refractivity contribution in [1.82, 2.24) is 19.7 Å². The van der Waals surface area contributed by atoms with Crippen LogP contribution in [0.4, 0.5) is 15.4 Å². The Bertz CT molecular complexity index is 1250. The van der Waals surface area contributed by atoms with Gasteiger partial charge in [0.2, 0.25) is 5.91 Å². The lowest BCUT2D eigenvalue weighted by Gasteiger charge is -2.48. The highest BCUT2D eigenvalue weighted by molar-refractivity contribution is 6.83. The summed E-state index contributed by atoms with van der Waals surface area (Å²) in [6.07, 6.45) is 1.91. The Hall–Kier alpha value is -3.22. The third-order valence-corrected chi connectivity index (χ3v) is 12.0. The average Bonchev–Trinajstić information content (AvgIpc) is 3.32. The molecule has 2 heterocycles. The van der Waals surface area contributed by atoms with E-state index in [1.807, 2.05) is 32.0 Å². The lowest BCUT2D eigenvalue weighted by molar-refractivity contribution is -0.121. The number of benzene rings is 1. The minimum atomic E-state index is -1.90. The minimum absolute atomic E-state index is 0.0662. The predicted molar refractivity (Wildman–Crippen MR) is 149 cm³/mol. The highest BCUT2D eigenvalue weighted by Crippen LogP contribution is 2.56. The number of aromatic nitrogens is 2. The van der Waals surface area contributed by atoms with Gasteiger partial charge in [0.1, 0.15) is 5.82 Å². The largest absolute Gasteiger partial charge is 0.448 e. The number of nitrogens with two attached hydrogens (primary N) is 1. The average molecular weight is 557 g/mol. The summed E-state index contributed by atoms with van der Waals surface area (Å²) in [5.41, 5.74) is 0.769. The molecule has 1 aliphatic heterocycles. The number of aliphatic hydroxyl groups excluding tert-OH is 1. The zero-order valence-corrected chi connectivity index (χ0v) is 24.7. The summed E-state index contributed by atoms with van der Waals surface area (Å²) in [4.78, 5) is 41.9. The van der Waals surface area contributed by atoms with E-state index >= 15 is 0 Å². The van der Waals surface area contributed by atoms with Crippen molar-refractivity contribution in [1.29, 1.82) is 0 Å². The summed E-state index contributed by atoms with van der Waals surface area (Å²) in [6, 6.07) is 7.79. The maximum atomic E-state index is 13.8. The van der Waals surface area contributed by atoms with Gasteiger partial charge in [0, 0.05) is 10.6 Å². The predicted octanol–water partition coefficient (Wildman–Crippen LogP) is 4.17. The maximum absolute atomic E-state index is 13.8. The number of aliphatic hydroxyl groups is 1. The standard InChI is InChI=1S/C27H40N6O5Si/c1-7-38-25(37)33-22(29-23(35)27(14-11-15-27)39(4,5)6)19-16-31(26(2,3)21(19)30-33)24(36)32(28)20(17-34)18-12-9-8-10-13-18/h8-10,12-13,20,34H,7,11,14-17,28H2,1-6H3,(H,29,35)/t20-/m1/s1. The van der Waals surface area contributed by atoms with E-state index in [0.717, 1.165) is 29.0 Å². The topological polar surface area (TPSA) is 143 Å². The molecule has 0 radical (unpaired) electrons. The number of nitrogens with zero attached hydrogens (tertiary/aromatic N) is 4. The van der Waals surface area contributed by atoms with Crippen molar-refractivity contribution in [3.05, 3.63) is 47.2 Å². The fourth-order valence-corrected chi connectivity index (χ4v) is 8.30. The van der Waals surface area contributed by atoms with Crippen LogP contribution in [-0.2, 0) is 21.6 Å². The molecule has 2 aromatic rings. The zero-order chi connectivity index (χ0) is 28.8. The molecule has 11 nitrogen and oxygen atoms in total. The summed E-state index contributed by atoms with van der Waals surface area (Å²) in [6.45, 7) is 11.7. The van der Waals surface area contributed by atoms with Gasteiger partial charge >= 0.3 is 12.1 Å². The summed E-state index contributed by atoms with van der Waals surface area (Å²) in [5.74, 6) is 6.40. The third-order valence-electron chi connectivity index (χ3n) is 8.45. The molecule has 1 fully saturated rings. The molecular weight excluding hydrogens is 516 g/mol. The van der Waals surface area contributed by atoms with Crippen molar-refractivity contribution in [2.45, 2.75) is 82.8 Å². The number of amides is 3. The van der Waals surface area contributed by atoms with E-state index in [1.165, 1.54) is 0 Å². The number of hydrogen-bond acceptors (Lipinski definition) is 7. The Morgan fingerprint density at radius 2 is 1.85 bits per heavy atom. The Labute approximate surface area is 230 Å². The van der Waals surface area contributed by atoms with Crippen LogP contribution < -0.4 is 11.2 Å². The van der Waals surface area contributed by atoms with Gasteiger partial charge in [-0.15, -0.1) is 4.68 Å². The smallest absolute Gasteiger partial charge is 0.436 e. The van der Waals surface area contributed by atoms with E-state index < -0.39 is 36.8 Å². The molecule has 0 bridgehead atoms.